The molecular formula is C19H28ClNO2. The number of carbonyl (C=O) groups is 1. The van der Waals surface area contributed by atoms with E-state index in [2.05, 4.69) is 43.0 Å². The van der Waals surface area contributed by atoms with E-state index >= 15 is 0 Å². The molecule has 0 bridgehead atoms. The van der Waals surface area contributed by atoms with Gasteiger partial charge in [-0.1, -0.05) is 38.1 Å². The lowest BCUT2D eigenvalue weighted by atomic mass is 9.79. The SMILES string of the molecule is CCC1(CC)CC(CCN2CCc3ccccc3C2)OC1=O.Cl. The summed E-state index contributed by atoms with van der Waals surface area (Å²) >= 11 is 0. The lowest BCUT2D eigenvalue weighted by Gasteiger charge is -2.29. The third-order valence-corrected chi connectivity index (χ3v) is 5.66. The van der Waals surface area contributed by atoms with Crippen molar-refractivity contribution in [1.29, 1.82) is 0 Å². The van der Waals surface area contributed by atoms with Crippen molar-refractivity contribution in [3.63, 3.8) is 0 Å². The van der Waals surface area contributed by atoms with Crippen LogP contribution in [0.3, 0.4) is 0 Å². The summed E-state index contributed by atoms with van der Waals surface area (Å²) < 4.78 is 5.65. The van der Waals surface area contributed by atoms with Crippen LogP contribution in [-0.4, -0.2) is 30.1 Å². The van der Waals surface area contributed by atoms with Crippen molar-refractivity contribution in [2.45, 2.75) is 58.6 Å². The highest BCUT2D eigenvalue weighted by atomic mass is 35.5. The summed E-state index contributed by atoms with van der Waals surface area (Å²) in [6.07, 6.45) is 4.92. The minimum atomic E-state index is -0.209. The normalized spacial score (nSPS) is 23.0. The Bertz CT molecular complexity index is 542. The van der Waals surface area contributed by atoms with Gasteiger partial charge in [-0.25, -0.2) is 0 Å². The Morgan fingerprint density at radius 2 is 1.91 bits per heavy atom. The van der Waals surface area contributed by atoms with Crippen molar-refractivity contribution in [3.8, 4) is 0 Å². The van der Waals surface area contributed by atoms with Gasteiger partial charge in [-0.05, 0) is 36.8 Å². The molecule has 0 aromatic heterocycles. The number of hydrogen-bond donors (Lipinski definition) is 0. The molecule has 0 spiro atoms. The average Bonchev–Trinajstić information content (AvgIpc) is 2.89. The van der Waals surface area contributed by atoms with Crippen molar-refractivity contribution < 1.29 is 9.53 Å². The molecule has 23 heavy (non-hydrogen) atoms. The Hall–Kier alpha value is -1.06. The maximum atomic E-state index is 12.1. The molecule has 3 nitrogen and oxygen atoms in total. The standard InChI is InChI=1S/C19H27NO2.ClH/c1-3-19(4-2)13-17(22-18(19)21)10-12-20-11-9-15-7-5-6-8-16(15)14-20;/h5-8,17H,3-4,9-14H2,1-2H3;1H. The summed E-state index contributed by atoms with van der Waals surface area (Å²) in [7, 11) is 0. The van der Waals surface area contributed by atoms with E-state index in [0.717, 1.165) is 51.7 Å². The molecule has 0 N–H and O–H groups in total. The average molecular weight is 338 g/mol. The number of halogens is 1. The van der Waals surface area contributed by atoms with E-state index in [1.807, 2.05) is 0 Å². The van der Waals surface area contributed by atoms with Crippen molar-refractivity contribution in [2.24, 2.45) is 5.41 Å². The van der Waals surface area contributed by atoms with Gasteiger partial charge in [-0.3, -0.25) is 9.69 Å². The van der Waals surface area contributed by atoms with Gasteiger partial charge in [0.25, 0.3) is 0 Å². The number of fused-ring (bicyclic) bond motifs is 1. The predicted octanol–water partition coefficient (Wildman–Crippen LogP) is 3.98. The summed E-state index contributed by atoms with van der Waals surface area (Å²) in [6.45, 7) is 7.38. The fraction of sp³-hybridized carbons (Fsp3) is 0.632. The molecule has 2 aliphatic heterocycles. The van der Waals surface area contributed by atoms with Gasteiger partial charge in [0.05, 0.1) is 5.41 Å². The van der Waals surface area contributed by atoms with Crippen LogP contribution in [0.1, 0.15) is 50.7 Å². The third kappa shape index (κ3) is 3.72. The van der Waals surface area contributed by atoms with Gasteiger partial charge in [-0.2, -0.15) is 0 Å². The number of esters is 1. The second-order valence-corrected chi connectivity index (χ2v) is 6.80. The van der Waals surface area contributed by atoms with Crippen molar-refractivity contribution in [2.75, 3.05) is 13.1 Å². The lowest BCUT2D eigenvalue weighted by Crippen LogP contribution is -2.33. The van der Waals surface area contributed by atoms with E-state index in [9.17, 15) is 4.79 Å². The molecule has 0 saturated carbocycles. The van der Waals surface area contributed by atoms with Crippen LogP contribution in [-0.2, 0) is 22.5 Å². The Labute approximate surface area is 145 Å². The van der Waals surface area contributed by atoms with Crippen molar-refractivity contribution in [1.82, 2.24) is 4.90 Å². The van der Waals surface area contributed by atoms with E-state index in [1.165, 1.54) is 11.1 Å². The maximum Gasteiger partial charge on any atom is 0.312 e. The lowest BCUT2D eigenvalue weighted by molar-refractivity contribution is -0.149. The van der Waals surface area contributed by atoms with E-state index < -0.39 is 0 Å². The zero-order valence-electron chi connectivity index (χ0n) is 14.2. The number of ether oxygens (including phenoxy) is 1. The van der Waals surface area contributed by atoms with Gasteiger partial charge in [0.15, 0.2) is 0 Å². The fourth-order valence-corrected chi connectivity index (χ4v) is 3.90. The van der Waals surface area contributed by atoms with Crippen LogP contribution in [0, 0.1) is 5.41 Å². The third-order valence-electron chi connectivity index (χ3n) is 5.66. The van der Waals surface area contributed by atoms with Gasteiger partial charge in [-0.15, -0.1) is 12.4 Å². The molecule has 1 atom stereocenters. The highest BCUT2D eigenvalue weighted by molar-refractivity contribution is 5.85. The predicted molar refractivity (Wildman–Crippen MR) is 94.8 cm³/mol. The Morgan fingerprint density at radius 3 is 2.57 bits per heavy atom. The zero-order chi connectivity index (χ0) is 15.6. The molecule has 0 radical (unpaired) electrons. The first kappa shape index (κ1) is 18.3. The van der Waals surface area contributed by atoms with Crippen LogP contribution >= 0.6 is 12.4 Å². The summed E-state index contributed by atoms with van der Waals surface area (Å²) in [4.78, 5) is 14.6. The van der Waals surface area contributed by atoms with Crippen LogP contribution in [0.25, 0.3) is 0 Å². The summed E-state index contributed by atoms with van der Waals surface area (Å²) in [6, 6.07) is 8.72. The van der Waals surface area contributed by atoms with E-state index in [0.29, 0.717) is 0 Å². The molecule has 1 aromatic carbocycles. The first-order chi connectivity index (χ1) is 10.7. The molecule has 0 aliphatic carbocycles. The van der Waals surface area contributed by atoms with Gasteiger partial charge in [0.1, 0.15) is 6.10 Å². The number of cyclic esters (lactones) is 1. The van der Waals surface area contributed by atoms with E-state index in [4.69, 9.17) is 4.74 Å². The van der Waals surface area contributed by atoms with E-state index in [-0.39, 0.29) is 29.9 Å². The minimum absolute atomic E-state index is 0. The topological polar surface area (TPSA) is 29.5 Å². The van der Waals surface area contributed by atoms with Gasteiger partial charge >= 0.3 is 5.97 Å². The van der Waals surface area contributed by atoms with Crippen LogP contribution < -0.4 is 0 Å². The van der Waals surface area contributed by atoms with Crippen molar-refractivity contribution in [3.05, 3.63) is 35.4 Å². The summed E-state index contributed by atoms with van der Waals surface area (Å²) in [5, 5.41) is 0. The quantitative estimate of drug-likeness (QED) is 0.761. The van der Waals surface area contributed by atoms with Gasteiger partial charge < -0.3 is 4.74 Å². The first-order valence-corrected chi connectivity index (χ1v) is 8.67. The Balaban J connectivity index is 0.00000192. The maximum absolute atomic E-state index is 12.1. The van der Waals surface area contributed by atoms with Crippen LogP contribution in [0.2, 0.25) is 0 Å². The monoisotopic (exact) mass is 337 g/mol. The number of rotatable bonds is 5. The molecule has 2 aliphatic rings. The Morgan fingerprint density at radius 1 is 1.22 bits per heavy atom. The number of benzene rings is 1. The second kappa shape index (κ2) is 7.67. The highest BCUT2D eigenvalue weighted by Gasteiger charge is 2.46. The Kier molecular flexibility index (Phi) is 6.10. The largest absolute Gasteiger partial charge is 0.462 e. The molecule has 0 amide bonds. The van der Waals surface area contributed by atoms with Crippen molar-refractivity contribution >= 4 is 18.4 Å². The fourth-order valence-electron chi connectivity index (χ4n) is 3.90. The van der Waals surface area contributed by atoms with Gasteiger partial charge in [0, 0.05) is 26.1 Å². The molecule has 3 rings (SSSR count). The van der Waals surface area contributed by atoms with E-state index in [1.54, 1.807) is 0 Å². The van der Waals surface area contributed by atoms with Crippen LogP contribution in [0.4, 0.5) is 0 Å². The molecule has 128 valence electrons. The molecule has 1 saturated heterocycles. The van der Waals surface area contributed by atoms with Crippen LogP contribution in [0.5, 0.6) is 0 Å². The molecule has 1 aromatic rings. The summed E-state index contributed by atoms with van der Waals surface area (Å²) in [5.74, 6) is 0.0338. The molecule has 4 heteroatoms. The minimum Gasteiger partial charge on any atom is -0.462 e. The first-order valence-electron chi connectivity index (χ1n) is 8.67. The smallest absolute Gasteiger partial charge is 0.312 e. The molecule has 1 unspecified atom stereocenters. The number of hydrogen-bond acceptors (Lipinski definition) is 3. The zero-order valence-corrected chi connectivity index (χ0v) is 15.0. The number of carbonyl (C=O) groups excluding carboxylic acids is 1. The molecule has 2 heterocycles. The van der Waals surface area contributed by atoms with Gasteiger partial charge in [0.2, 0.25) is 0 Å². The molecule has 1 fully saturated rings. The highest BCUT2D eigenvalue weighted by Crippen LogP contribution is 2.41. The molecular weight excluding hydrogens is 310 g/mol. The van der Waals surface area contributed by atoms with Crippen LogP contribution in [0.15, 0.2) is 24.3 Å². The number of nitrogens with zero attached hydrogens (tertiary/aromatic N) is 1. The summed E-state index contributed by atoms with van der Waals surface area (Å²) in [5.41, 5.74) is 2.73. The second-order valence-electron chi connectivity index (χ2n) is 6.80.